The smallest absolute Gasteiger partial charge is 0.326 e. The van der Waals surface area contributed by atoms with Crippen molar-refractivity contribution in [2.75, 3.05) is 23.0 Å². The predicted octanol–water partition coefficient (Wildman–Crippen LogP) is 3.08. The number of nitrogens with two attached hydrogens (primary N) is 1. The molecule has 0 heterocycles. The quantitative estimate of drug-likeness (QED) is 0.814. The number of anilines is 3. The number of amides is 2. The molecule has 0 aliphatic carbocycles. The van der Waals surface area contributed by atoms with Crippen LogP contribution in [0.2, 0.25) is 0 Å². The van der Waals surface area contributed by atoms with Gasteiger partial charge in [-0.1, -0.05) is 6.07 Å². The number of carbonyl (C=O) groups is 1. The van der Waals surface area contributed by atoms with Crippen LogP contribution in [0.3, 0.4) is 0 Å². The number of nitrogens with one attached hydrogen (secondary N) is 1. The molecule has 2 amide bonds. The Balaban J connectivity index is 2.09. The first kappa shape index (κ1) is 12.9. The summed E-state index contributed by atoms with van der Waals surface area (Å²) in [7, 11) is 1.57. The fraction of sp³-hybridized carbons (Fsp3) is 0.0714. The summed E-state index contributed by atoms with van der Waals surface area (Å²) in [5.74, 6) is -0.385. The van der Waals surface area contributed by atoms with E-state index in [0.717, 1.165) is 0 Å². The summed E-state index contributed by atoms with van der Waals surface area (Å²) in [6, 6.07) is 12.3. The van der Waals surface area contributed by atoms with Crippen molar-refractivity contribution in [3.63, 3.8) is 0 Å². The zero-order valence-electron chi connectivity index (χ0n) is 10.4. The van der Waals surface area contributed by atoms with Crippen molar-refractivity contribution >= 4 is 23.1 Å². The lowest BCUT2D eigenvalue weighted by atomic mass is 10.3. The van der Waals surface area contributed by atoms with Gasteiger partial charge < -0.3 is 11.1 Å². The number of halogens is 1. The number of hydrogen-bond acceptors (Lipinski definition) is 2. The third-order valence-electron chi connectivity index (χ3n) is 2.66. The van der Waals surface area contributed by atoms with Gasteiger partial charge >= 0.3 is 6.03 Å². The van der Waals surface area contributed by atoms with E-state index in [4.69, 9.17) is 5.73 Å². The molecule has 2 aromatic rings. The maximum atomic E-state index is 13.1. The van der Waals surface area contributed by atoms with Gasteiger partial charge in [-0.15, -0.1) is 0 Å². The van der Waals surface area contributed by atoms with E-state index in [1.807, 2.05) is 0 Å². The third kappa shape index (κ3) is 3.22. The average molecular weight is 259 g/mol. The summed E-state index contributed by atoms with van der Waals surface area (Å²) in [6.45, 7) is 0. The van der Waals surface area contributed by atoms with Gasteiger partial charge in [-0.3, -0.25) is 4.90 Å². The normalized spacial score (nSPS) is 10.0. The molecule has 0 saturated heterocycles. The Kier molecular flexibility index (Phi) is 3.66. The molecule has 19 heavy (non-hydrogen) atoms. The van der Waals surface area contributed by atoms with Crippen LogP contribution in [0.15, 0.2) is 48.5 Å². The van der Waals surface area contributed by atoms with Gasteiger partial charge in [0.2, 0.25) is 0 Å². The monoisotopic (exact) mass is 259 g/mol. The molecule has 0 aliphatic heterocycles. The first-order valence-corrected chi connectivity index (χ1v) is 5.72. The van der Waals surface area contributed by atoms with Crippen LogP contribution in [0.25, 0.3) is 0 Å². The highest BCUT2D eigenvalue weighted by Crippen LogP contribution is 2.16. The van der Waals surface area contributed by atoms with Gasteiger partial charge in [-0.05, 0) is 42.5 Å². The van der Waals surface area contributed by atoms with Gasteiger partial charge in [0.25, 0.3) is 0 Å². The minimum absolute atomic E-state index is 0.352. The number of benzene rings is 2. The summed E-state index contributed by atoms with van der Waals surface area (Å²) in [5.41, 5.74) is 7.29. The summed E-state index contributed by atoms with van der Waals surface area (Å²) in [6.07, 6.45) is 0. The molecule has 0 bridgehead atoms. The van der Waals surface area contributed by atoms with Crippen molar-refractivity contribution in [1.29, 1.82) is 0 Å². The second kappa shape index (κ2) is 5.39. The van der Waals surface area contributed by atoms with Crippen LogP contribution in [-0.4, -0.2) is 13.1 Å². The predicted molar refractivity (Wildman–Crippen MR) is 74.7 cm³/mol. The van der Waals surface area contributed by atoms with Crippen molar-refractivity contribution in [2.24, 2.45) is 0 Å². The van der Waals surface area contributed by atoms with Gasteiger partial charge in [0.05, 0.1) is 0 Å². The van der Waals surface area contributed by atoms with Gasteiger partial charge in [-0.25, -0.2) is 9.18 Å². The largest absolute Gasteiger partial charge is 0.399 e. The lowest BCUT2D eigenvalue weighted by molar-refractivity contribution is 0.258. The van der Waals surface area contributed by atoms with Crippen LogP contribution >= 0.6 is 0 Å². The van der Waals surface area contributed by atoms with Crippen LogP contribution in [0, 0.1) is 5.82 Å². The Morgan fingerprint density at radius 3 is 2.53 bits per heavy atom. The zero-order valence-corrected chi connectivity index (χ0v) is 10.4. The van der Waals surface area contributed by atoms with E-state index in [-0.39, 0.29) is 11.8 Å². The fourth-order valence-corrected chi connectivity index (χ4v) is 1.58. The molecule has 5 heteroatoms. The standard InChI is InChI=1S/C14H14FN3O/c1-18(13-4-2-3-10(15)9-13)14(19)17-12-7-5-11(16)6-8-12/h2-9H,16H2,1H3,(H,17,19). The number of hydrogen-bond donors (Lipinski definition) is 2. The average Bonchev–Trinajstić information content (AvgIpc) is 2.40. The first-order chi connectivity index (χ1) is 9.06. The molecule has 2 rings (SSSR count). The van der Waals surface area contributed by atoms with Crippen molar-refractivity contribution in [3.05, 3.63) is 54.3 Å². The Hall–Kier alpha value is -2.56. The zero-order chi connectivity index (χ0) is 13.8. The fourth-order valence-electron chi connectivity index (χ4n) is 1.58. The maximum Gasteiger partial charge on any atom is 0.326 e. The van der Waals surface area contributed by atoms with Crippen molar-refractivity contribution < 1.29 is 9.18 Å². The van der Waals surface area contributed by atoms with E-state index in [9.17, 15) is 9.18 Å². The lowest BCUT2D eigenvalue weighted by Crippen LogP contribution is -2.31. The molecule has 0 fully saturated rings. The van der Waals surface area contributed by atoms with E-state index in [0.29, 0.717) is 17.1 Å². The van der Waals surface area contributed by atoms with E-state index < -0.39 is 0 Å². The Labute approximate surface area is 110 Å². The Morgan fingerprint density at radius 2 is 1.89 bits per heavy atom. The highest BCUT2D eigenvalue weighted by molar-refractivity contribution is 6.01. The Morgan fingerprint density at radius 1 is 1.21 bits per heavy atom. The van der Waals surface area contributed by atoms with E-state index in [1.54, 1.807) is 43.4 Å². The molecule has 0 atom stereocenters. The number of nitrogen functional groups attached to an aromatic ring is 1. The van der Waals surface area contributed by atoms with Gasteiger partial charge in [-0.2, -0.15) is 0 Å². The molecule has 0 unspecified atom stereocenters. The topological polar surface area (TPSA) is 58.4 Å². The van der Waals surface area contributed by atoms with E-state index >= 15 is 0 Å². The summed E-state index contributed by atoms with van der Waals surface area (Å²) in [4.78, 5) is 13.3. The highest BCUT2D eigenvalue weighted by Gasteiger charge is 2.11. The second-order valence-electron chi connectivity index (χ2n) is 4.09. The van der Waals surface area contributed by atoms with Gasteiger partial charge in [0.1, 0.15) is 5.82 Å². The molecule has 0 spiro atoms. The van der Waals surface area contributed by atoms with Crippen LogP contribution in [0.5, 0.6) is 0 Å². The lowest BCUT2D eigenvalue weighted by Gasteiger charge is -2.18. The summed E-state index contributed by atoms with van der Waals surface area (Å²) in [5, 5.41) is 2.70. The Bertz CT molecular complexity index is 583. The molecule has 2 aromatic carbocycles. The van der Waals surface area contributed by atoms with Gasteiger partial charge in [0.15, 0.2) is 0 Å². The molecule has 3 N–H and O–H groups in total. The first-order valence-electron chi connectivity index (χ1n) is 5.72. The van der Waals surface area contributed by atoms with Crippen molar-refractivity contribution in [3.8, 4) is 0 Å². The van der Waals surface area contributed by atoms with Crippen LogP contribution < -0.4 is 16.0 Å². The van der Waals surface area contributed by atoms with E-state index in [2.05, 4.69) is 5.32 Å². The molecule has 0 aromatic heterocycles. The van der Waals surface area contributed by atoms with Crippen LogP contribution in [0.4, 0.5) is 26.2 Å². The van der Waals surface area contributed by atoms with Gasteiger partial charge in [0, 0.05) is 24.1 Å². The maximum absolute atomic E-state index is 13.1. The summed E-state index contributed by atoms with van der Waals surface area (Å²) >= 11 is 0. The molecular formula is C14H14FN3O. The van der Waals surface area contributed by atoms with Crippen molar-refractivity contribution in [1.82, 2.24) is 0 Å². The molecular weight excluding hydrogens is 245 g/mol. The SMILES string of the molecule is CN(C(=O)Nc1ccc(N)cc1)c1cccc(F)c1. The van der Waals surface area contributed by atoms with E-state index in [1.165, 1.54) is 17.0 Å². The second-order valence-corrected chi connectivity index (χ2v) is 4.09. The molecule has 4 nitrogen and oxygen atoms in total. The summed E-state index contributed by atoms with van der Waals surface area (Å²) < 4.78 is 13.1. The molecule has 98 valence electrons. The minimum atomic E-state index is -0.385. The van der Waals surface area contributed by atoms with Crippen molar-refractivity contribution in [2.45, 2.75) is 0 Å². The van der Waals surface area contributed by atoms with Crippen LogP contribution in [0.1, 0.15) is 0 Å². The number of rotatable bonds is 2. The number of nitrogens with zero attached hydrogens (tertiary/aromatic N) is 1. The number of urea groups is 1. The van der Waals surface area contributed by atoms with Crippen LogP contribution in [-0.2, 0) is 0 Å². The molecule has 0 aliphatic rings. The number of carbonyl (C=O) groups excluding carboxylic acids is 1. The molecule has 0 saturated carbocycles. The third-order valence-corrected chi connectivity index (χ3v) is 2.66. The highest BCUT2D eigenvalue weighted by atomic mass is 19.1. The minimum Gasteiger partial charge on any atom is -0.399 e. The molecule has 0 radical (unpaired) electrons.